The molecule has 1 aromatic carbocycles. The van der Waals surface area contributed by atoms with Crippen LogP contribution in [0, 0.1) is 11.8 Å². The van der Waals surface area contributed by atoms with Crippen LogP contribution in [0.3, 0.4) is 0 Å². The zero-order chi connectivity index (χ0) is 15.4. The molecule has 0 spiro atoms. The van der Waals surface area contributed by atoms with Crippen LogP contribution in [0.25, 0.3) is 5.69 Å². The number of carbonyl (C=O) groups is 1. The highest BCUT2D eigenvalue weighted by atomic mass is 16.1. The van der Waals surface area contributed by atoms with Gasteiger partial charge in [-0.25, -0.2) is 4.68 Å². The third-order valence-electron chi connectivity index (χ3n) is 4.28. The highest BCUT2D eigenvalue weighted by Crippen LogP contribution is 2.15. The van der Waals surface area contributed by atoms with Crippen molar-refractivity contribution in [3.05, 3.63) is 48.3 Å². The number of amides is 1. The molecule has 22 heavy (non-hydrogen) atoms. The van der Waals surface area contributed by atoms with E-state index in [-0.39, 0.29) is 11.8 Å². The second kappa shape index (κ2) is 6.75. The molecule has 1 atom stereocenters. The van der Waals surface area contributed by atoms with Gasteiger partial charge in [0.05, 0.1) is 11.4 Å². The van der Waals surface area contributed by atoms with Gasteiger partial charge in [0, 0.05) is 25.1 Å². The van der Waals surface area contributed by atoms with Crippen molar-refractivity contribution in [2.45, 2.75) is 13.3 Å². The lowest BCUT2D eigenvalue weighted by Crippen LogP contribution is -2.49. The molecule has 1 aliphatic rings. The van der Waals surface area contributed by atoms with Crippen molar-refractivity contribution in [3.8, 4) is 5.69 Å². The Kier molecular flexibility index (Phi) is 4.53. The smallest absolute Gasteiger partial charge is 0.223 e. The average molecular weight is 298 g/mol. The summed E-state index contributed by atoms with van der Waals surface area (Å²) >= 11 is 0. The highest BCUT2D eigenvalue weighted by Gasteiger charge is 2.28. The van der Waals surface area contributed by atoms with Crippen molar-refractivity contribution >= 4 is 5.91 Å². The number of benzene rings is 1. The molecule has 0 aliphatic carbocycles. The van der Waals surface area contributed by atoms with E-state index in [4.69, 9.17) is 0 Å². The number of hydrogen-bond donors (Lipinski definition) is 2. The summed E-state index contributed by atoms with van der Waals surface area (Å²) in [6.07, 6.45) is 2.70. The number of nitrogens with one attached hydrogen (secondary N) is 2. The Balaban J connectivity index is 1.48. The summed E-state index contributed by atoms with van der Waals surface area (Å²) in [4.78, 5) is 12.0. The lowest BCUT2D eigenvalue weighted by atomic mass is 9.88. The molecule has 3 rings (SSSR count). The van der Waals surface area contributed by atoms with E-state index in [0.29, 0.717) is 12.5 Å². The van der Waals surface area contributed by atoms with Gasteiger partial charge in [0.15, 0.2) is 0 Å². The van der Waals surface area contributed by atoms with Crippen molar-refractivity contribution in [3.63, 3.8) is 0 Å². The summed E-state index contributed by atoms with van der Waals surface area (Å²) in [7, 11) is 0. The van der Waals surface area contributed by atoms with Crippen LogP contribution in [0.5, 0.6) is 0 Å². The predicted octanol–water partition coefficient (Wildman–Crippen LogP) is 1.39. The highest BCUT2D eigenvalue weighted by molar-refractivity contribution is 5.78. The standard InChI is InChI=1S/C17H22N4O/c1-13(14-11-18-12-14)17(22)19-9-7-15-8-10-21(20-15)16-5-3-2-4-6-16/h2-6,8,10,13-14,18H,7,9,11-12H2,1H3,(H,19,22). The van der Waals surface area contributed by atoms with Crippen LogP contribution >= 0.6 is 0 Å². The molecule has 116 valence electrons. The third kappa shape index (κ3) is 3.36. The van der Waals surface area contributed by atoms with Gasteiger partial charge >= 0.3 is 0 Å². The molecule has 2 N–H and O–H groups in total. The average Bonchev–Trinajstić information content (AvgIpc) is 2.95. The van der Waals surface area contributed by atoms with Crippen LogP contribution in [-0.4, -0.2) is 35.3 Å². The van der Waals surface area contributed by atoms with Crippen LogP contribution < -0.4 is 10.6 Å². The van der Waals surface area contributed by atoms with Gasteiger partial charge in [0.2, 0.25) is 5.91 Å². The summed E-state index contributed by atoms with van der Waals surface area (Å²) in [5.74, 6) is 0.717. The Hall–Kier alpha value is -2.14. The summed E-state index contributed by atoms with van der Waals surface area (Å²) in [6, 6.07) is 12.0. The first-order valence-electron chi connectivity index (χ1n) is 7.82. The first kappa shape index (κ1) is 14.8. The minimum atomic E-state index is 0.0862. The molecular weight excluding hydrogens is 276 g/mol. The largest absolute Gasteiger partial charge is 0.355 e. The fourth-order valence-corrected chi connectivity index (χ4v) is 2.57. The number of hydrogen-bond acceptors (Lipinski definition) is 3. The fourth-order valence-electron chi connectivity index (χ4n) is 2.57. The molecule has 1 amide bonds. The molecule has 0 radical (unpaired) electrons. The van der Waals surface area contributed by atoms with Gasteiger partial charge in [0.25, 0.3) is 0 Å². The third-order valence-corrected chi connectivity index (χ3v) is 4.28. The van der Waals surface area contributed by atoms with Crippen molar-refractivity contribution in [1.82, 2.24) is 20.4 Å². The van der Waals surface area contributed by atoms with Crippen molar-refractivity contribution in [1.29, 1.82) is 0 Å². The lowest BCUT2D eigenvalue weighted by molar-refractivity contribution is -0.126. The van der Waals surface area contributed by atoms with E-state index >= 15 is 0 Å². The molecular formula is C17H22N4O. The van der Waals surface area contributed by atoms with E-state index in [1.54, 1.807) is 0 Å². The van der Waals surface area contributed by atoms with Crippen LogP contribution in [0.15, 0.2) is 42.6 Å². The Morgan fingerprint density at radius 2 is 2.14 bits per heavy atom. The molecule has 1 fully saturated rings. The normalized spacial score (nSPS) is 16.0. The van der Waals surface area contributed by atoms with E-state index in [0.717, 1.165) is 30.9 Å². The number of para-hydroxylation sites is 1. The second-order valence-electron chi connectivity index (χ2n) is 5.84. The fraction of sp³-hybridized carbons (Fsp3) is 0.412. The number of carbonyl (C=O) groups excluding carboxylic acids is 1. The maximum Gasteiger partial charge on any atom is 0.223 e. The first-order chi connectivity index (χ1) is 10.7. The molecule has 0 bridgehead atoms. The predicted molar refractivity (Wildman–Crippen MR) is 85.8 cm³/mol. The summed E-state index contributed by atoms with van der Waals surface area (Å²) < 4.78 is 1.86. The van der Waals surface area contributed by atoms with Crippen LogP contribution in [-0.2, 0) is 11.2 Å². The van der Waals surface area contributed by atoms with E-state index in [1.807, 2.05) is 54.2 Å². The molecule has 5 heteroatoms. The van der Waals surface area contributed by atoms with E-state index in [1.165, 1.54) is 0 Å². The number of rotatable bonds is 6. The SMILES string of the molecule is CC(C(=O)NCCc1ccn(-c2ccccc2)n1)C1CNC1. The minimum absolute atomic E-state index is 0.0862. The Labute approximate surface area is 130 Å². The van der Waals surface area contributed by atoms with Gasteiger partial charge in [0.1, 0.15) is 0 Å². The maximum atomic E-state index is 12.0. The summed E-state index contributed by atoms with van der Waals surface area (Å²) in [5.41, 5.74) is 2.03. The van der Waals surface area contributed by atoms with Gasteiger partial charge in [-0.15, -0.1) is 0 Å². The van der Waals surface area contributed by atoms with E-state index in [2.05, 4.69) is 15.7 Å². The Morgan fingerprint density at radius 1 is 1.36 bits per heavy atom. The van der Waals surface area contributed by atoms with Crippen molar-refractivity contribution in [2.24, 2.45) is 11.8 Å². The summed E-state index contributed by atoms with van der Waals surface area (Å²) in [6.45, 7) is 4.55. The summed E-state index contributed by atoms with van der Waals surface area (Å²) in [5, 5.41) is 10.8. The number of aromatic nitrogens is 2. The molecule has 1 saturated heterocycles. The van der Waals surface area contributed by atoms with Crippen molar-refractivity contribution < 1.29 is 4.79 Å². The van der Waals surface area contributed by atoms with Gasteiger partial charge < -0.3 is 10.6 Å². The van der Waals surface area contributed by atoms with Gasteiger partial charge in [-0.2, -0.15) is 5.10 Å². The maximum absolute atomic E-state index is 12.0. The van der Waals surface area contributed by atoms with Crippen LogP contribution in [0.4, 0.5) is 0 Å². The van der Waals surface area contributed by atoms with Gasteiger partial charge in [-0.1, -0.05) is 25.1 Å². The second-order valence-corrected chi connectivity index (χ2v) is 5.84. The molecule has 0 saturated carbocycles. The first-order valence-corrected chi connectivity index (χ1v) is 7.82. The van der Waals surface area contributed by atoms with Crippen LogP contribution in [0.1, 0.15) is 12.6 Å². The monoisotopic (exact) mass is 298 g/mol. The quantitative estimate of drug-likeness (QED) is 0.847. The molecule has 2 aromatic rings. The van der Waals surface area contributed by atoms with E-state index < -0.39 is 0 Å². The Bertz CT molecular complexity index is 619. The topological polar surface area (TPSA) is 59.0 Å². The van der Waals surface area contributed by atoms with Gasteiger partial charge in [-0.05, 0) is 37.2 Å². The molecule has 1 aromatic heterocycles. The Morgan fingerprint density at radius 3 is 2.82 bits per heavy atom. The van der Waals surface area contributed by atoms with Crippen molar-refractivity contribution in [2.75, 3.05) is 19.6 Å². The number of nitrogens with zero attached hydrogens (tertiary/aromatic N) is 2. The molecule has 5 nitrogen and oxygen atoms in total. The molecule has 1 aliphatic heterocycles. The van der Waals surface area contributed by atoms with Crippen LogP contribution in [0.2, 0.25) is 0 Å². The van der Waals surface area contributed by atoms with E-state index in [9.17, 15) is 4.79 Å². The van der Waals surface area contributed by atoms with Gasteiger partial charge in [-0.3, -0.25) is 4.79 Å². The lowest BCUT2D eigenvalue weighted by Gasteiger charge is -2.31. The molecule has 1 unspecified atom stereocenters. The minimum Gasteiger partial charge on any atom is -0.355 e. The zero-order valence-corrected chi connectivity index (χ0v) is 12.8. The zero-order valence-electron chi connectivity index (χ0n) is 12.8. The molecule has 2 heterocycles.